The van der Waals surface area contributed by atoms with Gasteiger partial charge in [0.2, 0.25) is 0 Å². The quantitative estimate of drug-likeness (QED) is 0.708. The Morgan fingerprint density at radius 1 is 1.25 bits per heavy atom. The van der Waals surface area contributed by atoms with Gasteiger partial charge in [-0.1, -0.05) is 18.2 Å². The fourth-order valence-electron chi connectivity index (χ4n) is 2.02. The molecule has 1 aromatic rings. The van der Waals surface area contributed by atoms with Gasteiger partial charge in [-0.3, -0.25) is 0 Å². The maximum atomic E-state index is 11.6. The summed E-state index contributed by atoms with van der Waals surface area (Å²) in [4.78, 5) is 11.6. The highest BCUT2D eigenvalue weighted by molar-refractivity contribution is 5.89. The lowest BCUT2D eigenvalue weighted by atomic mass is 10.2. The van der Waals surface area contributed by atoms with E-state index < -0.39 is 0 Å². The first-order chi connectivity index (χ1) is 7.75. The number of nitrogens with one attached hydrogen (secondary N) is 2. The number of nitrogens with two attached hydrogens (primary N) is 1. The smallest absolute Gasteiger partial charge is 0.319 e. The fourth-order valence-corrected chi connectivity index (χ4v) is 2.02. The number of amides is 2. The van der Waals surface area contributed by atoms with Gasteiger partial charge < -0.3 is 16.4 Å². The molecular formula is C12H17N3O. The summed E-state index contributed by atoms with van der Waals surface area (Å²) in [5, 5.41) is 5.69. The van der Waals surface area contributed by atoms with Crippen LogP contribution in [0.2, 0.25) is 0 Å². The minimum absolute atomic E-state index is 0.0986. The topological polar surface area (TPSA) is 67.1 Å². The van der Waals surface area contributed by atoms with Crippen LogP contribution in [-0.4, -0.2) is 18.1 Å². The van der Waals surface area contributed by atoms with Crippen LogP contribution < -0.4 is 16.4 Å². The molecule has 86 valence electrons. The van der Waals surface area contributed by atoms with E-state index in [1.165, 1.54) is 0 Å². The lowest BCUT2D eigenvalue weighted by molar-refractivity contribution is 0.247. The van der Waals surface area contributed by atoms with Gasteiger partial charge in [-0.05, 0) is 31.4 Å². The van der Waals surface area contributed by atoms with Crippen molar-refractivity contribution in [2.24, 2.45) is 5.73 Å². The van der Waals surface area contributed by atoms with E-state index in [1.54, 1.807) is 0 Å². The molecule has 0 radical (unpaired) electrons. The van der Waals surface area contributed by atoms with Gasteiger partial charge >= 0.3 is 6.03 Å². The first-order valence-corrected chi connectivity index (χ1v) is 5.64. The SMILES string of the molecule is NC1CCCC1NC(=O)Nc1ccccc1. The first kappa shape index (κ1) is 11.0. The van der Waals surface area contributed by atoms with Crippen molar-refractivity contribution >= 4 is 11.7 Å². The minimum Gasteiger partial charge on any atom is -0.334 e. The molecule has 1 saturated carbocycles. The van der Waals surface area contributed by atoms with E-state index in [0.717, 1.165) is 24.9 Å². The molecule has 2 unspecified atom stereocenters. The number of carbonyl (C=O) groups is 1. The van der Waals surface area contributed by atoms with Crippen molar-refractivity contribution < 1.29 is 4.79 Å². The second-order valence-electron chi connectivity index (χ2n) is 4.17. The summed E-state index contributed by atoms with van der Waals surface area (Å²) in [5.41, 5.74) is 6.68. The van der Waals surface area contributed by atoms with Crippen LogP contribution in [0.25, 0.3) is 0 Å². The number of para-hydroxylation sites is 1. The lowest BCUT2D eigenvalue weighted by Crippen LogP contribution is -2.45. The van der Waals surface area contributed by atoms with Crippen molar-refractivity contribution in [3.63, 3.8) is 0 Å². The third kappa shape index (κ3) is 2.73. The van der Waals surface area contributed by atoms with Crippen LogP contribution in [0.5, 0.6) is 0 Å². The average molecular weight is 219 g/mol. The van der Waals surface area contributed by atoms with Crippen molar-refractivity contribution in [1.29, 1.82) is 0 Å². The van der Waals surface area contributed by atoms with Crippen LogP contribution in [0.3, 0.4) is 0 Å². The van der Waals surface area contributed by atoms with Crippen LogP contribution in [0.4, 0.5) is 10.5 Å². The zero-order valence-corrected chi connectivity index (χ0v) is 9.15. The van der Waals surface area contributed by atoms with Crippen LogP contribution in [0.15, 0.2) is 30.3 Å². The van der Waals surface area contributed by atoms with Gasteiger partial charge in [0.1, 0.15) is 0 Å². The largest absolute Gasteiger partial charge is 0.334 e. The second-order valence-corrected chi connectivity index (χ2v) is 4.17. The molecule has 0 spiro atoms. The Kier molecular flexibility index (Phi) is 3.41. The molecule has 1 aliphatic rings. The molecule has 2 rings (SSSR count). The van der Waals surface area contributed by atoms with Gasteiger partial charge in [0.15, 0.2) is 0 Å². The number of anilines is 1. The second kappa shape index (κ2) is 4.99. The van der Waals surface area contributed by atoms with Crippen molar-refractivity contribution in [3.8, 4) is 0 Å². The highest BCUT2D eigenvalue weighted by atomic mass is 16.2. The zero-order valence-electron chi connectivity index (χ0n) is 9.15. The molecule has 4 N–H and O–H groups in total. The van der Waals surface area contributed by atoms with E-state index in [1.807, 2.05) is 30.3 Å². The summed E-state index contributed by atoms with van der Waals surface area (Å²) >= 11 is 0. The summed E-state index contributed by atoms with van der Waals surface area (Å²) < 4.78 is 0. The third-order valence-electron chi connectivity index (χ3n) is 2.92. The summed E-state index contributed by atoms with van der Waals surface area (Å²) in [6.07, 6.45) is 3.07. The number of hydrogen-bond donors (Lipinski definition) is 3. The summed E-state index contributed by atoms with van der Waals surface area (Å²) in [7, 11) is 0. The maximum absolute atomic E-state index is 11.6. The molecule has 4 heteroatoms. The molecule has 4 nitrogen and oxygen atoms in total. The normalized spacial score (nSPS) is 24.1. The van der Waals surface area contributed by atoms with Gasteiger partial charge in [-0.15, -0.1) is 0 Å². The van der Waals surface area contributed by atoms with Crippen LogP contribution in [0.1, 0.15) is 19.3 Å². The Labute approximate surface area is 95.2 Å². The summed E-state index contributed by atoms with van der Waals surface area (Å²) in [6.45, 7) is 0. The molecule has 1 aromatic carbocycles. The van der Waals surface area contributed by atoms with Gasteiger partial charge in [0.05, 0.1) is 0 Å². The molecule has 2 atom stereocenters. The molecule has 0 saturated heterocycles. The first-order valence-electron chi connectivity index (χ1n) is 5.64. The number of rotatable bonds is 2. The average Bonchev–Trinajstić information content (AvgIpc) is 2.66. The lowest BCUT2D eigenvalue weighted by Gasteiger charge is -2.17. The van der Waals surface area contributed by atoms with Crippen molar-refractivity contribution in [2.75, 3.05) is 5.32 Å². The Morgan fingerprint density at radius 2 is 2.00 bits per heavy atom. The molecule has 2 amide bonds. The van der Waals surface area contributed by atoms with Crippen molar-refractivity contribution in [3.05, 3.63) is 30.3 Å². The Balaban J connectivity index is 1.85. The fraction of sp³-hybridized carbons (Fsp3) is 0.417. The summed E-state index contributed by atoms with van der Waals surface area (Å²) in [6, 6.07) is 9.44. The van der Waals surface area contributed by atoms with Crippen LogP contribution in [0, 0.1) is 0 Å². The molecule has 0 bridgehead atoms. The molecule has 0 heterocycles. The Bertz CT molecular complexity index is 353. The highest BCUT2D eigenvalue weighted by Gasteiger charge is 2.25. The van der Waals surface area contributed by atoms with E-state index in [0.29, 0.717) is 0 Å². The molecule has 1 aliphatic carbocycles. The molecule has 0 aliphatic heterocycles. The zero-order chi connectivity index (χ0) is 11.4. The number of hydrogen-bond acceptors (Lipinski definition) is 2. The van der Waals surface area contributed by atoms with E-state index in [2.05, 4.69) is 10.6 Å². The number of benzene rings is 1. The minimum atomic E-state index is -0.173. The van der Waals surface area contributed by atoms with Gasteiger partial charge in [-0.25, -0.2) is 4.79 Å². The van der Waals surface area contributed by atoms with Crippen LogP contribution in [-0.2, 0) is 0 Å². The Morgan fingerprint density at radius 3 is 2.62 bits per heavy atom. The van der Waals surface area contributed by atoms with Crippen molar-refractivity contribution in [2.45, 2.75) is 31.3 Å². The van der Waals surface area contributed by atoms with Crippen LogP contribution >= 0.6 is 0 Å². The third-order valence-corrected chi connectivity index (χ3v) is 2.92. The predicted octanol–water partition coefficient (Wildman–Crippen LogP) is 1.69. The standard InChI is InChI=1S/C12H17N3O/c13-10-7-4-8-11(10)15-12(16)14-9-5-2-1-3-6-9/h1-3,5-6,10-11H,4,7-8,13H2,(H2,14,15,16). The number of urea groups is 1. The van der Waals surface area contributed by atoms with Gasteiger partial charge in [0.25, 0.3) is 0 Å². The Hall–Kier alpha value is -1.55. The highest BCUT2D eigenvalue weighted by Crippen LogP contribution is 2.17. The molecular weight excluding hydrogens is 202 g/mol. The van der Waals surface area contributed by atoms with Gasteiger partial charge in [0, 0.05) is 17.8 Å². The van der Waals surface area contributed by atoms with E-state index in [9.17, 15) is 4.79 Å². The van der Waals surface area contributed by atoms with E-state index in [-0.39, 0.29) is 18.1 Å². The number of carbonyl (C=O) groups excluding carboxylic acids is 1. The van der Waals surface area contributed by atoms with E-state index >= 15 is 0 Å². The summed E-state index contributed by atoms with van der Waals surface area (Å²) in [5.74, 6) is 0. The molecule has 1 fully saturated rings. The van der Waals surface area contributed by atoms with Gasteiger partial charge in [-0.2, -0.15) is 0 Å². The monoisotopic (exact) mass is 219 g/mol. The molecule has 0 aromatic heterocycles. The predicted molar refractivity (Wildman–Crippen MR) is 64.2 cm³/mol. The van der Waals surface area contributed by atoms with E-state index in [4.69, 9.17) is 5.73 Å². The van der Waals surface area contributed by atoms with Crippen molar-refractivity contribution in [1.82, 2.24) is 5.32 Å². The maximum Gasteiger partial charge on any atom is 0.319 e. The molecule has 16 heavy (non-hydrogen) atoms.